The summed E-state index contributed by atoms with van der Waals surface area (Å²) in [4.78, 5) is 30.2. The molecule has 2 saturated heterocycles. The van der Waals surface area contributed by atoms with Crippen LogP contribution < -0.4 is 4.74 Å². The number of amides is 1. The normalized spacial score (nSPS) is 20.9. The van der Waals surface area contributed by atoms with Gasteiger partial charge in [0.1, 0.15) is 11.5 Å². The lowest BCUT2D eigenvalue weighted by molar-refractivity contribution is -0.140. The summed E-state index contributed by atoms with van der Waals surface area (Å²) in [5.41, 5.74) is 1.21. The Morgan fingerprint density at radius 3 is 2.61 bits per heavy atom. The second-order valence-electron chi connectivity index (χ2n) is 8.06. The smallest absolute Gasteiger partial charge is 0.295 e. The van der Waals surface area contributed by atoms with Crippen LogP contribution in [0, 0.1) is 0 Å². The van der Waals surface area contributed by atoms with E-state index in [9.17, 15) is 14.7 Å². The molecule has 4 rings (SSSR count). The predicted octanol–water partition coefficient (Wildman–Crippen LogP) is 3.60. The molecule has 8 heteroatoms. The molecular weight excluding hydrogens is 488 g/mol. The third kappa shape index (κ3) is 4.98. The standard InChI is InChI=1S/C25H27BrN2O5/c1-32-20-9-3-2-8-19(20)23(29)21-22(17-6-4-7-18(26)16-17)28(25(31)24(21)30)11-5-10-27-12-14-33-15-13-27/h2-4,6-9,16,22,29H,5,10-15H2,1H3/b23-21+. The fourth-order valence-electron chi connectivity index (χ4n) is 4.41. The molecule has 0 bridgehead atoms. The van der Waals surface area contributed by atoms with Gasteiger partial charge in [0.2, 0.25) is 0 Å². The van der Waals surface area contributed by atoms with Crippen molar-refractivity contribution in [3.63, 3.8) is 0 Å². The zero-order valence-corrected chi connectivity index (χ0v) is 20.1. The highest BCUT2D eigenvalue weighted by Gasteiger charge is 2.46. The van der Waals surface area contributed by atoms with Crippen LogP contribution >= 0.6 is 15.9 Å². The van der Waals surface area contributed by atoms with Crippen molar-refractivity contribution in [2.45, 2.75) is 12.5 Å². The molecule has 0 aliphatic carbocycles. The van der Waals surface area contributed by atoms with Gasteiger partial charge in [0.05, 0.1) is 37.5 Å². The summed E-state index contributed by atoms with van der Waals surface area (Å²) in [6, 6.07) is 13.7. The van der Waals surface area contributed by atoms with E-state index in [4.69, 9.17) is 9.47 Å². The van der Waals surface area contributed by atoms with Crippen LogP contribution in [-0.4, -0.2) is 73.1 Å². The number of carbonyl (C=O) groups excluding carboxylic acids is 2. The number of Topliss-reactive ketones (excluding diaryl/α,β-unsaturated/α-hetero) is 1. The second kappa shape index (κ2) is 10.5. The monoisotopic (exact) mass is 514 g/mol. The lowest BCUT2D eigenvalue weighted by Crippen LogP contribution is -2.38. The number of rotatable bonds is 7. The molecule has 0 spiro atoms. The van der Waals surface area contributed by atoms with Crippen molar-refractivity contribution in [2.24, 2.45) is 0 Å². The van der Waals surface area contributed by atoms with E-state index in [0.717, 1.165) is 29.7 Å². The highest BCUT2D eigenvalue weighted by atomic mass is 79.9. The maximum Gasteiger partial charge on any atom is 0.295 e. The number of ether oxygens (including phenoxy) is 2. The van der Waals surface area contributed by atoms with Gasteiger partial charge < -0.3 is 19.5 Å². The van der Waals surface area contributed by atoms with Gasteiger partial charge >= 0.3 is 0 Å². The third-order valence-corrected chi connectivity index (χ3v) is 6.54. The largest absolute Gasteiger partial charge is 0.507 e. The fourth-order valence-corrected chi connectivity index (χ4v) is 4.83. The van der Waals surface area contributed by atoms with Crippen LogP contribution in [0.3, 0.4) is 0 Å². The first-order valence-electron chi connectivity index (χ1n) is 11.0. The van der Waals surface area contributed by atoms with Crippen molar-refractivity contribution in [3.05, 3.63) is 69.7 Å². The maximum absolute atomic E-state index is 13.2. The summed E-state index contributed by atoms with van der Waals surface area (Å²) in [5.74, 6) is -1.08. The van der Waals surface area contributed by atoms with Crippen LogP contribution in [0.5, 0.6) is 5.75 Å². The first kappa shape index (κ1) is 23.5. The average molecular weight is 515 g/mol. The summed E-state index contributed by atoms with van der Waals surface area (Å²) < 4.78 is 11.6. The van der Waals surface area contributed by atoms with Gasteiger partial charge in [-0.2, -0.15) is 0 Å². The Morgan fingerprint density at radius 2 is 1.88 bits per heavy atom. The lowest BCUT2D eigenvalue weighted by Gasteiger charge is -2.29. The summed E-state index contributed by atoms with van der Waals surface area (Å²) in [6.45, 7) is 4.36. The minimum Gasteiger partial charge on any atom is -0.507 e. The quantitative estimate of drug-likeness (QED) is 0.345. The van der Waals surface area contributed by atoms with Crippen molar-refractivity contribution in [3.8, 4) is 5.75 Å². The molecule has 2 heterocycles. The summed E-state index contributed by atoms with van der Waals surface area (Å²) >= 11 is 3.48. The van der Waals surface area contributed by atoms with Gasteiger partial charge in [0.15, 0.2) is 0 Å². The Balaban J connectivity index is 1.70. The molecular formula is C25H27BrN2O5. The molecule has 2 fully saturated rings. The van der Waals surface area contributed by atoms with E-state index in [0.29, 0.717) is 37.5 Å². The average Bonchev–Trinajstić information content (AvgIpc) is 3.09. The number of ketones is 1. The Kier molecular flexibility index (Phi) is 7.47. The van der Waals surface area contributed by atoms with E-state index < -0.39 is 17.7 Å². The van der Waals surface area contributed by atoms with Gasteiger partial charge in [-0.05, 0) is 36.2 Å². The molecule has 2 aromatic carbocycles. The van der Waals surface area contributed by atoms with Crippen molar-refractivity contribution < 1.29 is 24.2 Å². The number of halogens is 1. The Bertz CT molecular complexity index is 1060. The number of hydrogen-bond acceptors (Lipinski definition) is 6. The van der Waals surface area contributed by atoms with Gasteiger partial charge in [0.25, 0.3) is 11.7 Å². The molecule has 1 N–H and O–H groups in total. The highest BCUT2D eigenvalue weighted by Crippen LogP contribution is 2.41. The van der Waals surface area contributed by atoms with Gasteiger partial charge in [-0.25, -0.2) is 0 Å². The Morgan fingerprint density at radius 1 is 1.12 bits per heavy atom. The molecule has 2 aliphatic rings. The number of hydrogen-bond donors (Lipinski definition) is 1. The molecule has 0 aromatic heterocycles. The van der Waals surface area contributed by atoms with Crippen LogP contribution in [0.2, 0.25) is 0 Å². The Labute approximate surface area is 201 Å². The predicted molar refractivity (Wildman–Crippen MR) is 128 cm³/mol. The summed E-state index contributed by atoms with van der Waals surface area (Å²) in [6.07, 6.45) is 0.715. The highest BCUT2D eigenvalue weighted by molar-refractivity contribution is 9.10. The van der Waals surface area contributed by atoms with Crippen LogP contribution in [0.15, 0.2) is 58.6 Å². The fraction of sp³-hybridized carbons (Fsp3) is 0.360. The molecule has 1 amide bonds. The van der Waals surface area contributed by atoms with Crippen LogP contribution in [0.4, 0.5) is 0 Å². The summed E-state index contributed by atoms with van der Waals surface area (Å²) in [7, 11) is 1.50. The number of methoxy groups -OCH3 is 1. The molecule has 1 atom stereocenters. The first-order chi connectivity index (χ1) is 16.0. The number of nitrogens with zero attached hydrogens (tertiary/aromatic N) is 2. The zero-order chi connectivity index (χ0) is 23.4. The van der Waals surface area contributed by atoms with E-state index in [1.54, 1.807) is 29.2 Å². The van der Waals surface area contributed by atoms with Crippen molar-refractivity contribution in [1.29, 1.82) is 0 Å². The third-order valence-electron chi connectivity index (χ3n) is 6.04. The minimum atomic E-state index is -0.685. The number of para-hydroxylation sites is 1. The van der Waals surface area contributed by atoms with Gasteiger partial charge in [-0.15, -0.1) is 0 Å². The maximum atomic E-state index is 13.2. The lowest BCUT2D eigenvalue weighted by atomic mass is 9.95. The SMILES string of the molecule is COc1ccccc1/C(O)=C1\C(=O)C(=O)N(CCCN2CCOCC2)C1c1cccc(Br)c1. The molecule has 7 nitrogen and oxygen atoms in total. The number of morpholine rings is 1. The van der Waals surface area contributed by atoms with E-state index in [1.807, 2.05) is 24.3 Å². The number of likely N-dealkylation sites (tertiary alicyclic amines) is 1. The van der Waals surface area contributed by atoms with E-state index in [-0.39, 0.29) is 11.3 Å². The summed E-state index contributed by atoms with van der Waals surface area (Å²) in [5, 5.41) is 11.2. The zero-order valence-electron chi connectivity index (χ0n) is 18.5. The number of carbonyl (C=O) groups is 2. The number of aliphatic hydroxyl groups is 1. The van der Waals surface area contributed by atoms with Crippen LogP contribution in [0.25, 0.3) is 5.76 Å². The molecule has 174 valence electrons. The van der Waals surface area contributed by atoms with Crippen LogP contribution in [-0.2, 0) is 14.3 Å². The topological polar surface area (TPSA) is 79.3 Å². The van der Waals surface area contributed by atoms with Gasteiger partial charge in [-0.3, -0.25) is 14.5 Å². The first-order valence-corrected chi connectivity index (χ1v) is 11.8. The molecule has 2 aliphatic heterocycles. The van der Waals surface area contributed by atoms with Crippen LogP contribution in [0.1, 0.15) is 23.6 Å². The molecule has 2 aromatic rings. The molecule has 0 radical (unpaired) electrons. The molecule has 33 heavy (non-hydrogen) atoms. The second-order valence-corrected chi connectivity index (χ2v) is 8.97. The van der Waals surface area contributed by atoms with E-state index in [2.05, 4.69) is 20.8 Å². The van der Waals surface area contributed by atoms with Crippen molar-refractivity contribution in [1.82, 2.24) is 9.80 Å². The van der Waals surface area contributed by atoms with E-state index >= 15 is 0 Å². The van der Waals surface area contributed by atoms with E-state index in [1.165, 1.54) is 7.11 Å². The molecule has 1 unspecified atom stereocenters. The number of benzene rings is 2. The number of aliphatic hydroxyl groups excluding tert-OH is 1. The van der Waals surface area contributed by atoms with Crippen molar-refractivity contribution in [2.75, 3.05) is 46.5 Å². The van der Waals surface area contributed by atoms with Gasteiger partial charge in [0, 0.05) is 30.7 Å². The van der Waals surface area contributed by atoms with Crippen molar-refractivity contribution >= 4 is 33.4 Å². The molecule has 0 saturated carbocycles. The Hall–Kier alpha value is -2.68. The minimum absolute atomic E-state index is 0.0778. The van der Waals surface area contributed by atoms with Gasteiger partial charge in [-0.1, -0.05) is 40.2 Å².